The molecule has 0 spiro atoms. The Kier molecular flexibility index (Phi) is 8.18. The standard InChI is InChI=1S/C29H28N2O6S/c1-35-22-13-16-24(17-14-22)38(33,34)31(20-21-9-5-4-6-10-21)27-12-8-7-11-25(27)29(32)30-26-18-15-23(36-2)19-28(26)37-3/h4-19H,20H2,1-3H3,(H,30,32). The van der Waals surface area contributed by atoms with Crippen LogP contribution in [0.5, 0.6) is 17.2 Å². The molecule has 38 heavy (non-hydrogen) atoms. The van der Waals surface area contributed by atoms with Gasteiger partial charge >= 0.3 is 0 Å². The Labute approximate surface area is 222 Å². The van der Waals surface area contributed by atoms with E-state index in [9.17, 15) is 13.2 Å². The average Bonchev–Trinajstić information content (AvgIpc) is 2.96. The smallest absolute Gasteiger partial charge is 0.264 e. The first-order valence-electron chi connectivity index (χ1n) is 11.7. The second-order valence-corrected chi connectivity index (χ2v) is 10.1. The van der Waals surface area contributed by atoms with Crippen LogP contribution in [0, 0.1) is 0 Å². The molecule has 0 unspecified atom stereocenters. The van der Waals surface area contributed by atoms with Crippen molar-refractivity contribution >= 4 is 27.3 Å². The lowest BCUT2D eigenvalue weighted by atomic mass is 10.1. The maximum absolute atomic E-state index is 14.0. The number of hydrogen-bond donors (Lipinski definition) is 1. The highest BCUT2D eigenvalue weighted by molar-refractivity contribution is 7.92. The molecule has 1 amide bonds. The molecule has 9 heteroatoms. The van der Waals surface area contributed by atoms with Crippen molar-refractivity contribution in [2.24, 2.45) is 0 Å². The van der Waals surface area contributed by atoms with Crippen LogP contribution in [0.2, 0.25) is 0 Å². The number of anilines is 2. The van der Waals surface area contributed by atoms with Crippen molar-refractivity contribution in [3.63, 3.8) is 0 Å². The van der Waals surface area contributed by atoms with E-state index in [1.807, 2.05) is 30.3 Å². The summed E-state index contributed by atoms with van der Waals surface area (Å²) in [5.74, 6) is 1.01. The fourth-order valence-electron chi connectivity index (χ4n) is 3.90. The Balaban J connectivity index is 1.77. The summed E-state index contributed by atoms with van der Waals surface area (Å²) in [4.78, 5) is 13.6. The molecule has 4 aromatic carbocycles. The SMILES string of the molecule is COc1ccc(S(=O)(=O)N(Cc2ccccc2)c2ccccc2C(=O)Nc2ccc(OC)cc2OC)cc1. The number of nitrogens with zero attached hydrogens (tertiary/aromatic N) is 1. The number of ether oxygens (including phenoxy) is 3. The highest BCUT2D eigenvalue weighted by Gasteiger charge is 2.29. The van der Waals surface area contributed by atoms with Gasteiger partial charge in [0.25, 0.3) is 15.9 Å². The van der Waals surface area contributed by atoms with Gasteiger partial charge in [0.1, 0.15) is 17.2 Å². The van der Waals surface area contributed by atoms with Crippen LogP contribution in [0.1, 0.15) is 15.9 Å². The van der Waals surface area contributed by atoms with Gasteiger partial charge in [0.2, 0.25) is 0 Å². The highest BCUT2D eigenvalue weighted by Crippen LogP contribution is 2.33. The Morgan fingerprint density at radius 3 is 2.05 bits per heavy atom. The molecule has 0 saturated heterocycles. The molecule has 0 saturated carbocycles. The predicted octanol–water partition coefficient (Wildman–Crippen LogP) is 5.36. The topological polar surface area (TPSA) is 94.2 Å². The van der Waals surface area contributed by atoms with Crippen LogP contribution >= 0.6 is 0 Å². The normalized spacial score (nSPS) is 10.9. The highest BCUT2D eigenvalue weighted by atomic mass is 32.2. The Hall–Kier alpha value is -4.50. The molecule has 0 bridgehead atoms. The van der Waals surface area contributed by atoms with E-state index in [0.717, 1.165) is 5.56 Å². The summed E-state index contributed by atoms with van der Waals surface area (Å²) in [6.45, 7) is 0.0192. The van der Waals surface area contributed by atoms with Gasteiger partial charge < -0.3 is 19.5 Å². The fourth-order valence-corrected chi connectivity index (χ4v) is 5.37. The molecule has 196 valence electrons. The molecule has 0 fully saturated rings. The van der Waals surface area contributed by atoms with E-state index in [1.54, 1.807) is 54.6 Å². The number of para-hydroxylation sites is 1. The third kappa shape index (κ3) is 5.73. The van der Waals surface area contributed by atoms with Crippen molar-refractivity contribution in [1.82, 2.24) is 0 Å². The van der Waals surface area contributed by atoms with Gasteiger partial charge in [-0.2, -0.15) is 0 Å². The van der Waals surface area contributed by atoms with Crippen LogP contribution in [0.4, 0.5) is 11.4 Å². The summed E-state index contributed by atoms with van der Waals surface area (Å²) in [5, 5.41) is 2.84. The van der Waals surface area contributed by atoms with Gasteiger partial charge in [-0.25, -0.2) is 8.42 Å². The summed E-state index contributed by atoms with van der Waals surface area (Å²) in [6.07, 6.45) is 0. The molecule has 0 atom stereocenters. The van der Waals surface area contributed by atoms with Crippen LogP contribution in [-0.4, -0.2) is 35.7 Å². The predicted molar refractivity (Wildman–Crippen MR) is 147 cm³/mol. The third-order valence-corrected chi connectivity index (χ3v) is 7.66. The van der Waals surface area contributed by atoms with E-state index in [4.69, 9.17) is 14.2 Å². The van der Waals surface area contributed by atoms with Crippen LogP contribution in [0.3, 0.4) is 0 Å². The first kappa shape index (κ1) is 26.6. The van der Waals surface area contributed by atoms with Gasteiger partial charge in [0.05, 0.1) is 49.7 Å². The molecular formula is C29H28N2O6S. The largest absolute Gasteiger partial charge is 0.497 e. The number of amides is 1. The van der Waals surface area contributed by atoms with Gasteiger partial charge in [-0.3, -0.25) is 9.10 Å². The number of methoxy groups -OCH3 is 3. The van der Waals surface area contributed by atoms with Crippen molar-refractivity contribution in [3.05, 3.63) is 108 Å². The number of carbonyl (C=O) groups is 1. The Bertz CT molecular complexity index is 1510. The molecule has 1 N–H and O–H groups in total. The number of sulfonamides is 1. The lowest BCUT2D eigenvalue weighted by Crippen LogP contribution is -2.32. The van der Waals surface area contributed by atoms with Crippen LogP contribution in [-0.2, 0) is 16.6 Å². The maximum atomic E-state index is 14.0. The van der Waals surface area contributed by atoms with E-state index in [2.05, 4.69) is 5.32 Å². The molecule has 4 aromatic rings. The molecular weight excluding hydrogens is 504 g/mol. The second kappa shape index (κ2) is 11.7. The zero-order chi connectivity index (χ0) is 27.1. The molecule has 0 radical (unpaired) electrons. The summed E-state index contributed by atoms with van der Waals surface area (Å²) in [7, 11) is 0.463. The second-order valence-electron chi connectivity index (χ2n) is 8.21. The summed E-state index contributed by atoms with van der Waals surface area (Å²) < 4.78 is 45.0. The van der Waals surface area contributed by atoms with Gasteiger partial charge in [-0.15, -0.1) is 0 Å². The molecule has 0 aliphatic rings. The minimum Gasteiger partial charge on any atom is -0.497 e. The number of hydrogen-bond acceptors (Lipinski definition) is 6. The van der Waals surface area contributed by atoms with E-state index in [-0.39, 0.29) is 22.7 Å². The summed E-state index contributed by atoms with van der Waals surface area (Å²) in [5.41, 5.74) is 1.59. The maximum Gasteiger partial charge on any atom is 0.264 e. The van der Waals surface area contributed by atoms with Gasteiger partial charge in [0, 0.05) is 6.07 Å². The number of nitrogens with one attached hydrogen (secondary N) is 1. The Morgan fingerprint density at radius 2 is 1.39 bits per heavy atom. The number of carbonyl (C=O) groups excluding carboxylic acids is 1. The van der Waals surface area contributed by atoms with Gasteiger partial charge in [0.15, 0.2) is 0 Å². The zero-order valence-electron chi connectivity index (χ0n) is 21.2. The molecule has 0 heterocycles. The Morgan fingerprint density at radius 1 is 0.763 bits per heavy atom. The number of benzene rings is 4. The minimum absolute atomic E-state index is 0.0192. The van der Waals surface area contributed by atoms with E-state index >= 15 is 0 Å². The van der Waals surface area contributed by atoms with E-state index in [0.29, 0.717) is 22.9 Å². The van der Waals surface area contributed by atoms with Crippen molar-refractivity contribution in [2.75, 3.05) is 31.0 Å². The molecule has 4 rings (SSSR count). The first-order valence-corrected chi connectivity index (χ1v) is 13.1. The fraction of sp³-hybridized carbons (Fsp3) is 0.138. The minimum atomic E-state index is -4.07. The monoisotopic (exact) mass is 532 g/mol. The number of rotatable bonds is 10. The van der Waals surface area contributed by atoms with Crippen molar-refractivity contribution in [1.29, 1.82) is 0 Å². The van der Waals surface area contributed by atoms with Gasteiger partial charge in [-0.05, 0) is 54.1 Å². The van der Waals surface area contributed by atoms with Crippen LogP contribution < -0.4 is 23.8 Å². The summed E-state index contributed by atoms with van der Waals surface area (Å²) >= 11 is 0. The van der Waals surface area contributed by atoms with E-state index < -0.39 is 15.9 Å². The van der Waals surface area contributed by atoms with Crippen LogP contribution in [0.25, 0.3) is 0 Å². The average molecular weight is 533 g/mol. The van der Waals surface area contributed by atoms with E-state index in [1.165, 1.54) is 37.8 Å². The molecule has 0 aromatic heterocycles. The zero-order valence-corrected chi connectivity index (χ0v) is 22.1. The van der Waals surface area contributed by atoms with Crippen molar-refractivity contribution in [2.45, 2.75) is 11.4 Å². The summed E-state index contributed by atoms with van der Waals surface area (Å²) in [6, 6.07) is 26.9. The molecule has 8 nitrogen and oxygen atoms in total. The molecule has 0 aliphatic heterocycles. The lowest BCUT2D eigenvalue weighted by Gasteiger charge is -2.27. The van der Waals surface area contributed by atoms with Gasteiger partial charge in [-0.1, -0.05) is 42.5 Å². The third-order valence-electron chi connectivity index (χ3n) is 5.89. The van der Waals surface area contributed by atoms with Crippen molar-refractivity contribution < 1.29 is 27.4 Å². The first-order chi connectivity index (χ1) is 18.4. The lowest BCUT2D eigenvalue weighted by molar-refractivity contribution is 0.102. The molecule has 0 aliphatic carbocycles. The quantitative estimate of drug-likeness (QED) is 0.296. The van der Waals surface area contributed by atoms with Crippen molar-refractivity contribution in [3.8, 4) is 17.2 Å². The van der Waals surface area contributed by atoms with Crippen LogP contribution in [0.15, 0.2) is 102 Å².